The van der Waals surface area contributed by atoms with Gasteiger partial charge in [0.05, 0.1) is 11.3 Å². The molecule has 0 saturated carbocycles. The molecule has 0 atom stereocenters. The van der Waals surface area contributed by atoms with Gasteiger partial charge in [-0.3, -0.25) is 0 Å². The van der Waals surface area contributed by atoms with Crippen molar-refractivity contribution < 1.29 is 13.2 Å². The summed E-state index contributed by atoms with van der Waals surface area (Å²) in [5, 5.41) is 3.44. The molecule has 0 aliphatic heterocycles. The van der Waals surface area contributed by atoms with Gasteiger partial charge in [-0.1, -0.05) is 6.07 Å². The number of aromatic nitrogens is 3. The Labute approximate surface area is 104 Å². The van der Waals surface area contributed by atoms with Crippen LogP contribution in [0.15, 0.2) is 29.1 Å². The quantitative estimate of drug-likeness (QED) is 0.802. The highest BCUT2D eigenvalue weighted by Crippen LogP contribution is 2.30. The fraction of sp³-hybridized carbons (Fsp3) is 0.200. The summed E-state index contributed by atoms with van der Waals surface area (Å²) < 4.78 is 39.5. The molecule has 0 bridgehead atoms. The minimum absolute atomic E-state index is 0.0212. The van der Waals surface area contributed by atoms with E-state index in [0.29, 0.717) is 0 Å². The summed E-state index contributed by atoms with van der Waals surface area (Å²) in [7, 11) is 1.36. The maximum Gasteiger partial charge on any atom is 0.416 e. The number of benzene rings is 1. The average Bonchev–Trinajstić information content (AvgIpc) is 2.52. The highest BCUT2D eigenvalue weighted by molar-refractivity contribution is 6.28. The lowest BCUT2D eigenvalue weighted by atomic mass is 10.2. The van der Waals surface area contributed by atoms with Crippen molar-refractivity contribution in [3.63, 3.8) is 0 Å². The van der Waals surface area contributed by atoms with Gasteiger partial charge in [0.25, 0.3) is 0 Å². The third kappa shape index (κ3) is 2.13. The lowest BCUT2D eigenvalue weighted by Gasteiger charge is -2.08. The molecule has 0 fully saturated rings. The molecule has 1 aromatic carbocycles. The number of halogens is 4. The second-order valence-corrected chi connectivity index (χ2v) is 3.90. The standard InChI is InChI=1S/C10H7ClF3N3O/c1-16-9(18)17(8(11)15-16)7-4-2-3-6(5-7)10(12,13)14/h2-5H,1H3. The van der Waals surface area contributed by atoms with E-state index in [1.54, 1.807) is 0 Å². The monoisotopic (exact) mass is 277 g/mol. The Morgan fingerprint density at radius 1 is 1.33 bits per heavy atom. The van der Waals surface area contributed by atoms with E-state index in [0.717, 1.165) is 21.4 Å². The predicted octanol–water partition coefficient (Wildman–Crippen LogP) is 2.24. The van der Waals surface area contributed by atoms with Crippen molar-refractivity contribution in [1.82, 2.24) is 14.3 Å². The fourth-order valence-corrected chi connectivity index (χ4v) is 1.76. The predicted molar refractivity (Wildman–Crippen MR) is 58.8 cm³/mol. The lowest BCUT2D eigenvalue weighted by Crippen LogP contribution is -2.21. The number of hydrogen-bond donors (Lipinski definition) is 0. The fourth-order valence-electron chi connectivity index (χ4n) is 1.47. The lowest BCUT2D eigenvalue weighted by molar-refractivity contribution is -0.137. The maximum absolute atomic E-state index is 12.5. The first-order valence-electron chi connectivity index (χ1n) is 4.80. The van der Waals surface area contributed by atoms with Gasteiger partial charge >= 0.3 is 11.9 Å². The van der Waals surface area contributed by atoms with Crippen molar-refractivity contribution >= 4 is 11.6 Å². The van der Waals surface area contributed by atoms with Crippen molar-refractivity contribution in [2.45, 2.75) is 6.18 Å². The van der Waals surface area contributed by atoms with Crippen molar-refractivity contribution in [1.29, 1.82) is 0 Å². The molecule has 0 aliphatic rings. The van der Waals surface area contributed by atoms with Crippen LogP contribution < -0.4 is 5.69 Å². The number of hydrogen-bond acceptors (Lipinski definition) is 2. The van der Waals surface area contributed by atoms with E-state index in [1.807, 2.05) is 0 Å². The van der Waals surface area contributed by atoms with Gasteiger partial charge in [-0.15, -0.1) is 5.10 Å². The first-order valence-corrected chi connectivity index (χ1v) is 5.17. The number of aryl methyl sites for hydroxylation is 1. The molecule has 0 spiro atoms. The van der Waals surface area contributed by atoms with Gasteiger partial charge in [-0.25, -0.2) is 14.0 Å². The molecule has 0 unspecified atom stereocenters. The largest absolute Gasteiger partial charge is 0.416 e. The topological polar surface area (TPSA) is 39.8 Å². The van der Waals surface area contributed by atoms with Crippen LogP contribution in [-0.4, -0.2) is 14.3 Å². The van der Waals surface area contributed by atoms with Crippen LogP contribution in [-0.2, 0) is 13.2 Å². The number of alkyl halides is 3. The van der Waals surface area contributed by atoms with Crippen LogP contribution >= 0.6 is 11.6 Å². The highest BCUT2D eigenvalue weighted by Gasteiger charge is 2.30. The Hall–Kier alpha value is -1.76. The van der Waals surface area contributed by atoms with Gasteiger partial charge in [-0.05, 0) is 29.8 Å². The molecule has 18 heavy (non-hydrogen) atoms. The number of nitrogens with zero attached hydrogens (tertiary/aromatic N) is 3. The van der Waals surface area contributed by atoms with Crippen LogP contribution in [0.25, 0.3) is 5.69 Å². The van der Waals surface area contributed by atoms with Gasteiger partial charge in [0, 0.05) is 7.05 Å². The van der Waals surface area contributed by atoms with E-state index in [9.17, 15) is 18.0 Å². The molecule has 2 rings (SSSR count). The van der Waals surface area contributed by atoms with E-state index in [2.05, 4.69) is 5.10 Å². The second kappa shape index (κ2) is 4.16. The summed E-state index contributed by atoms with van der Waals surface area (Å²) in [6.45, 7) is 0. The molecule has 96 valence electrons. The third-order valence-electron chi connectivity index (χ3n) is 2.32. The molecular weight excluding hydrogens is 271 g/mol. The van der Waals surface area contributed by atoms with Gasteiger partial charge in [-0.2, -0.15) is 13.2 Å². The molecule has 0 N–H and O–H groups in total. The van der Waals surface area contributed by atoms with Crippen molar-refractivity contribution in [2.75, 3.05) is 0 Å². The Balaban J connectivity index is 2.62. The molecule has 1 heterocycles. The van der Waals surface area contributed by atoms with Crippen LogP contribution in [0.5, 0.6) is 0 Å². The van der Waals surface area contributed by atoms with Gasteiger partial charge in [0.1, 0.15) is 0 Å². The summed E-state index contributed by atoms with van der Waals surface area (Å²) >= 11 is 5.70. The average molecular weight is 278 g/mol. The van der Waals surface area contributed by atoms with Crippen molar-refractivity contribution in [2.24, 2.45) is 7.05 Å². The summed E-state index contributed by atoms with van der Waals surface area (Å²) in [6, 6.07) is 4.31. The summed E-state index contributed by atoms with van der Waals surface area (Å²) in [5.41, 5.74) is -1.45. The van der Waals surface area contributed by atoms with E-state index < -0.39 is 17.4 Å². The van der Waals surface area contributed by atoms with E-state index in [1.165, 1.54) is 19.2 Å². The zero-order valence-electron chi connectivity index (χ0n) is 9.07. The molecular formula is C10H7ClF3N3O. The summed E-state index contributed by atoms with van der Waals surface area (Å²) in [5.74, 6) is 0. The molecule has 8 heteroatoms. The van der Waals surface area contributed by atoms with Crippen LogP contribution in [0.2, 0.25) is 5.28 Å². The maximum atomic E-state index is 12.5. The zero-order chi connectivity index (χ0) is 13.5. The summed E-state index contributed by atoms with van der Waals surface area (Å²) in [4.78, 5) is 11.6. The highest BCUT2D eigenvalue weighted by atomic mass is 35.5. The van der Waals surface area contributed by atoms with Gasteiger partial charge in [0.15, 0.2) is 0 Å². The molecule has 0 amide bonds. The molecule has 0 radical (unpaired) electrons. The Kier molecular flexibility index (Phi) is 2.94. The summed E-state index contributed by atoms with van der Waals surface area (Å²) in [6.07, 6.45) is -4.48. The second-order valence-electron chi connectivity index (χ2n) is 3.56. The molecule has 4 nitrogen and oxygen atoms in total. The molecule has 0 saturated heterocycles. The molecule has 2 aromatic rings. The van der Waals surface area contributed by atoms with Crippen LogP contribution in [0.1, 0.15) is 5.56 Å². The minimum atomic E-state index is -4.48. The van der Waals surface area contributed by atoms with Crippen molar-refractivity contribution in [3.8, 4) is 5.69 Å². The Morgan fingerprint density at radius 3 is 2.50 bits per heavy atom. The SMILES string of the molecule is Cn1nc(Cl)n(-c2cccc(C(F)(F)F)c2)c1=O. The number of rotatable bonds is 1. The third-order valence-corrected chi connectivity index (χ3v) is 2.56. The first-order chi connectivity index (χ1) is 8.30. The van der Waals surface area contributed by atoms with Crippen LogP contribution in [0.3, 0.4) is 0 Å². The van der Waals surface area contributed by atoms with Gasteiger partial charge < -0.3 is 0 Å². The van der Waals surface area contributed by atoms with Crippen LogP contribution in [0.4, 0.5) is 13.2 Å². The normalized spacial score (nSPS) is 11.8. The Morgan fingerprint density at radius 2 is 2.00 bits per heavy atom. The van der Waals surface area contributed by atoms with Crippen molar-refractivity contribution in [3.05, 3.63) is 45.6 Å². The molecule has 0 aliphatic carbocycles. The van der Waals surface area contributed by atoms with E-state index >= 15 is 0 Å². The van der Waals surface area contributed by atoms with E-state index in [4.69, 9.17) is 11.6 Å². The minimum Gasteiger partial charge on any atom is -0.246 e. The molecule has 1 aromatic heterocycles. The first kappa shape index (κ1) is 12.7. The Bertz CT molecular complexity index is 645. The van der Waals surface area contributed by atoms with Gasteiger partial charge in [0.2, 0.25) is 5.28 Å². The zero-order valence-corrected chi connectivity index (χ0v) is 9.83. The van der Waals surface area contributed by atoms with E-state index in [-0.39, 0.29) is 11.0 Å². The van der Waals surface area contributed by atoms with Crippen LogP contribution in [0, 0.1) is 0 Å². The smallest absolute Gasteiger partial charge is 0.246 e.